The number of anilines is 1. The van der Waals surface area contributed by atoms with Gasteiger partial charge in [-0.2, -0.15) is 0 Å². The lowest BCUT2D eigenvalue weighted by atomic mass is 9.74. The van der Waals surface area contributed by atoms with Crippen LogP contribution in [0, 0.1) is 17.6 Å². The second-order valence-electron chi connectivity index (χ2n) is 9.42. The molecule has 1 N–H and O–H groups in total. The molecule has 4 aromatic rings. The molecule has 1 amide bonds. The van der Waals surface area contributed by atoms with Crippen molar-refractivity contribution in [3.63, 3.8) is 0 Å². The lowest BCUT2D eigenvalue weighted by Gasteiger charge is -2.48. The normalized spacial score (nSPS) is 17.3. The zero-order valence-corrected chi connectivity index (χ0v) is 22.2. The summed E-state index contributed by atoms with van der Waals surface area (Å²) >= 11 is 3.45. The van der Waals surface area contributed by atoms with Crippen LogP contribution < -0.4 is 9.64 Å². The molecule has 5 rings (SSSR count). The molecular formula is C31H26BrF2NO3. The van der Waals surface area contributed by atoms with E-state index in [0.29, 0.717) is 23.3 Å². The number of methoxy groups -OCH3 is 1. The van der Waals surface area contributed by atoms with Gasteiger partial charge < -0.3 is 14.7 Å². The van der Waals surface area contributed by atoms with Gasteiger partial charge in [0.15, 0.2) is 0 Å². The van der Waals surface area contributed by atoms with Gasteiger partial charge in [-0.3, -0.25) is 4.79 Å². The van der Waals surface area contributed by atoms with Crippen molar-refractivity contribution in [1.29, 1.82) is 0 Å². The molecule has 4 aromatic carbocycles. The zero-order chi connectivity index (χ0) is 26.9. The Hall–Kier alpha value is -3.55. The highest BCUT2D eigenvalue weighted by Crippen LogP contribution is 2.48. The molecular weight excluding hydrogens is 552 g/mol. The van der Waals surface area contributed by atoms with Gasteiger partial charge in [0.25, 0.3) is 0 Å². The van der Waals surface area contributed by atoms with E-state index in [-0.39, 0.29) is 18.4 Å². The predicted octanol–water partition coefficient (Wildman–Crippen LogP) is 7.16. The molecule has 4 nitrogen and oxygen atoms in total. The zero-order valence-electron chi connectivity index (χ0n) is 20.7. The van der Waals surface area contributed by atoms with Crippen LogP contribution in [0.3, 0.4) is 0 Å². The predicted molar refractivity (Wildman–Crippen MR) is 146 cm³/mol. The van der Waals surface area contributed by atoms with Crippen molar-refractivity contribution in [2.45, 2.75) is 24.5 Å². The van der Waals surface area contributed by atoms with Crippen LogP contribution in [0.25, 0.3) is 0 Å². The number of carbonyl (C=O) groups is 1. The number of aliphatic hydroxyl groups is 1. The van der Waals surface area contributed by atoms with Gasteiger partial charge in [0.1, 0.15) is 23.0 Å². The molecule has 7 heteroatoms. The van der Waals surface area contributed by atoms with Crippen molar-refractivity contribution >= 4 is 27.5 Å². The summed E-state index contributed by atoms with van der Waals surface area (Å²) in [6, 6.07) is 26.2. The molecule has 0 aliphatic carbocycles. The quantitative estimate of drug-likeness (QED) is 0.226. The minimum atomic E-state index is -1.54. The molecule has 0 spiro atoms. The summed E-state index contributed by atoms with van der Waals surface area (Å²) in [7, 11) is 1.60. The SMILES string of the molecule is COc1ccc([C@@H]2[C@@H](CCC(O)(c3ccc(F)cc3)c3ccc(F)cc3)C(=O)N2c2ccc(Br)cc2)cc1. The largest absolute Gasteiger partial charge is 0.497 e. The summed E-state index contributed by atoms with van der Waals surface area (Å²) < 4.78 is 33.6. The number of β-lactam (4-membered cyclic amide) rings is 1. The van der Waals surface area contributed by atoms with Crippen LogP contribution >= 0.6 is 15.9 Å². The standard InChI is InChI=1S/C31H26BrF2NO3/c1-38-27-16-2-20(3-17-27)29-28(30(36)35(29)26-14-8-23(32)9-15-26)18-19-31(37,21-4-10-24(33)11-5-21)22-6-12-25(34)13-7-22/h2-17,28-29,37H,18-19H2,1H3/t28-,29-/m1/s1. The molecule has 1 aliphatic heterocycles. The lowest BCUT2D eigenvalue weighted by Crippen LogP contribution is -2.55. The third-order valence-corrected chi connectivity index (χ3v) is 7.77. The van der Waals surface area contributed by atoms with Crippen LogP contribution in [0.1, 0.15) is 35.6 Å². The van der Waals surface area contributed by atoms with Gasteiger partial charge in [-0.05, 0) is 90.2 Å². The number of hydrogen-bond acceptors (Lipinski definition) is 3. The Morgan fingerprint density at radius 3 is 1.87 bits per heavy atom. The second kappa shape index (κ2) is 10.7. The molecule has 1 heterocycles. The van der Waals surface area contributed by atoms with E-state index in [1.54, 1.807) is 12.0 Å². The van der Waals surface area contributed by atoms with Crippen LogP contribution in [0.2, 0.25) is 0 Å². The van der Waals surface area contributed by atoms with E-state index in [4.69, 9.17) is 4.74 Å². The summed E-state index contributed by atoms with van der Waals surface area (Å²) in [5, 5.41) is 11.9. The molecule has 0 aromatic heterocycles. The maximum atomic E-state index is 13.7. The van der Waals surface area contributed by atoms with Gasteiger partial charge in [-0.25, -0.2) is 8.78 Å². The Morgan fingerprint density at radius 1 is 0.842 bits per heavy atom. The van der Waals surface area contributed by atoms with Gasteiger partial charge in [-0.1, -0.05) is 52.3 Å². The number of nitrogens with zero attached hydrogens (tertiary/aromatic N) is 1. The molecule has 1 fully saturated rings. The number of hydrogen-bond donors (Lipinski definition) is 1. The number of rotatable bonds is 8. The fourth-order valence-corrected chi connectivity index (χ4v) is 5.44. The first-order chi connectivity index (χ1) is 18.3. The van der Waals surface area contributed by atoms with Gasteiger partial charge in [0.2, 0.25) is 5.91 Å². The summed E-state index contributed by atoms with van der Waals surface area (Å²) in [5.41, 5.74) is 1.14. The molecule has 1 aliphatic rings. The third kappa shape index (κ3) is 4.96. The van der Waals surface area contributed by atoms with E-state index in [2.05, 4.69) is 15.9 Å². The molecule has 0 unspecified atom stereocenters. The van der Waals surface area contributed by atoms with Crippen molar-refractivity contribution in [3.8, 4) is 5.75 Å². The Bertz CT molecular complexity index is 1360. The third-order valence-electron chi connectivity index (χ3n) is 7.24. The maximum absolute atomic E-state index is 13.7. The van der Waals surface area contributed by atoms with Crippen LogP contribution in [0.15, 0.2) is 102 Å². The van der Waals surface area contributed by atoms with E-state index in [1.165, 1.54) is 48.5 Å². The molecule has 0 radical (unpaired) electrons. The topological polar surface area (TPSA) is 49.8 Å². The number of ether oxygens (including phenoxy) is 1. The molecule has 194 valence electrons. The van der Waals surface area contributed by atoms with Crippen molar-refractivity contribution in [2.24, 2.45) is 5.92 Å². The lowest BCUT2D eigenvalue weighted by molar-refractivity contribution is -0.131. The average Bonchev–Trinajstić information content (AvgIpc) is 2.93. The van der Waals surface area contributed by atoms with E-state index in [1.807, 2.05) is 48.5 Å². The van der Waals surface area contributed by atoms with Crippen LogP contribution in [0.5, 0.6) is 5.75 Å². The Morgan fingerprint density at radius 2 is 1.37 bits per heavy atom. The Balaban J connectivity index is 1.48. The van der Waals surface area contributed by atoms with Crippen molar-refractivity contribution in [1.82, 2.24) is 0 Å². The summed E-state index contributed by atoms with van der Waals surface area (Å²) in [6.45, 7) is 0. The van der Waals surface area contributed by atoms with Crippen LogP contribution in [-0.4, -0.2) is 18.1 Å². The highest BCUT2D eigenvalue weighted by atomic mass is 79.9. The molecule has 0 saturated carbocycles. The van der Waals surface area contributed by atoms with Crippen LogP contribution in [-0.2, 0) is 10.4 Å². The van der Waals surface area contributed by atoms with E-state index in [9.17, 15) is 18.7 Å². The number of halogens is 3. The van der Waals surface area contributed by atoms with E-state index in [0.717, 1.165) is 15.7 Å². The monoisotopic (exact) mass is 577 g/mol. The van der Waals surface area contributed by atoms with E-state index >= 15 is 0 Å². The first kappa shape index (κ1) is 26.1. The minimum absolute atomic E-state index is 0.0475. The molecule has 1 saturated heterocycles. The maximum Gasteiger partial charge on any atom is 0.233 e. The number of benzene rings is 4. The molecule has 0 bridgehead atoms. The van der Waals surface area contributed by atoms with Gasteiger partial charge >= 0.3 is 0 Å². The van der Waals surface area contributed by atoms with Crippen molar-refractivity contribution in [2.75, 3.05) is 12.0 Å². The highest BCUT2D eigenvalue weighted by Gasteiger charge is 2.49. The highest BCUT2D eigenvalue weighted by molar-refractivity contribution is 9.10. The summed E-state index contributed by atoms with van der Waals surface area (Å²) in [4.78, 5) is 15.3. The van der Waals surface area contributed by atoms with Crippen molar-refractivity contribution in [3.05, 3.63) is 130 Å². The Kier molecular flexibility index (Phi) is 7.32. The fraction of sp³-hybridized carbons (Fsp3) is 0.194. The van der Waals surface area contributed by atoms with Crippen molar-refractivity contribution < 1.29 is 23.4 Å². The number of amides is 1. The van der Waals surface area contributed by atoms with Gasteiger partial charge in [-0.15, -0.1) is 0 Å². The smallest absolute Gasteiger partial charge is 0.233 e. The minimum Gasteiger partial charge on any atom is -0.497 e. The summed E-state index contributed by atoms with van der Waals surface area (Å²) in [6.07, 6.45) is 0.537. The van der Waals surface area contributed by atoms with Gasteiger partial charge in [0.05, 0.1) is 19.1 Å². The average molecular weight is 578 g/mol. The van der Waals surface area contributed by atoms with Crippen LogP contribution in [0.4, 0.5) is 14.5 Å². The molecule has 38 heavy (non-hydrogen) atoms. The second-order valence-corrected chi connectivity index (χ2v) is 10.3. The Labute approximate surface area is 228 Å². The van der Waals surface area contributed by atoms with Gasteiger partial charge in [0, 0.05) is 10.2 Å². The molecule has 2 atom stereocenters. The number of carbonyl (C=O) groups excluding carboxylic acids is 1. The first-order valence-electron chi connectivity index (χ1n) is 12.3. The fourth-order valence-electron chi connectivity index (χ4n) is 5.17. The van der Waals surface area contributed by atoms with E-state index < -0.39 is 23.2 Å². The first-order valence-corrected chi connectivity index (χ1v) is 13.1. The summed E-state index contributed by atoms with van der Waals surface area (Å²) in [5.74, 6) is -0.579.